The van der Waals surface area contributed by atoms with Crippen LogP contribution < -0.4 is 0 Å². The second kappa shape index (κ2) is 3.82. The number of amides is 1. The zero-order valence-electron chi connectivity index (χ0n) is 9.46. The molecule has 1 aromatic rings. The second-order valence-electron chi connectivity index (χ2n) is 3.74. The number of aryl methyl sites for hydroxylation is 2. The molecule has 0 aliphatic rings. The fourth-order valence-electron chi connectivity index (χ4n) is 1.38. The van der Waals surface area contributed by atoms with Crippen molar-refractivity contribution in [1.29, 1.82) is 0 Å². The molecule has 0 bridgehead atoms. The second-order valence-corrected chi connectivity index (χ2v) is 3.74. The lowest BCUT2D eigenvalue weighted by Crippen LogP contribution is -2.23. The van der Waals surface area contributed by atoms with Crippen LogP contribution in [0.3, 0.4) is 0 Å². The van der Waals surface area contributed by atoms with Gasteiger partial charge in [0.15, 0.2) is 0 Å². The molecular formula is C10H17N3O. The lowest BCUT2D eigenvalue weighted by atomic mass is 10.1. The summed E-state index contributed by atoms with van der Waals surface area (Å²) in [5, 5.41) is 4.27. The van der Waals surface area contributed by atoms with Gasteiger partial charge in [0.1, 0.15) is 0 Å². The average molecular weight is 195 g/mol. The number of aromatic nitrogens is 2. The Morgan fingerprint density at radius 2 is 2.00 bits per heavy atom. The van der Waals surface area contributed by atoms with E-state index in [4.69, 9.17) is 0 Å². The van der Waals surface area contributed by atoms with Gasteiger partial charge in [0.05, 0.1) is 12.1 Å². The first-order valence-electron chi connectivity index (χ1n) is 4.62. The Bertz CT molecular complexity index is 352. The fraction of sp³-hybridized carbons (Fsp3) is 0.600. The molecule has 0 unspecified atom stereocenters. The van der Waals surface area contributed by atoms with E-state index in [0.29, 0.717) is 6.42 Å². The van der Waals surface area contributed by atoms with Gasteiger partial charge in [0.2, 0.25) is 5.91 Å². The molecule has 0 aliphatic heterocycles. The summed E-state index contributed by atoms with van der Waals surface area (Å²) in [6, 6.07) is 0. The third-order valence-electron chi connectivity index (χ3n) is 2.49. The largest absolute Gasteiger partial charge is 0.349 e. The van der Waals surface area contributed by atoms with Crippen LogP contribution in [-0.4, -0.2) is 34.7 Å². The smallest absolute Gasteiger partial charge is 0.226 e. The van der Waals surface area contributed by atoms with E-state index in [-0.39, 0.29) is 5.91 Å². The zero-order valence-corrected chi connectivity index (χ0v) is 9.46. The minimum absolute atomic E-state index is 0.115. The minimum atomic E-state index is 0.115. The molecule has 1 heterocycles. The molecule has 1 aromatic heterocycles. The van der Waals surface area contributed by atoms with Gasteiger partial charge in [-0.1, -0.05) is 0 Å². The van der Waals surface area contributed by atoms with Gasteiger partial charge in [-0.25, -0.2) is 0 Å². The van der Waals surface area contributed by atoms with Crippen LogP contribution in [0.5, 0.6) is 0 Å². The Labute approximate surface area is 84.5 Å². The molecule has 0 saturated carbocycles. The zero-order chi connectivity index (χ0) is 10.9. The number of nitrogens with zero attached hydrogens (tertiary/aromatic N) is 3. The summed E-state index contributed by atoms with van der Waals surface area (Å²) < 4.78 is 1.81. The van der Waals surface area contributed by atoms with E-state index in [9.17, 15) is 4.79 Å². The van der Waals surface area contributed by atoms with E-state index in [1.54, 1.807) is 19.0 Å². The maximum absolute atomic E-state index is 11.5. The Kier molecular flexibility index (Phi) is 2.93. The molecule has 78 valence electrons. The highest BCUT2D eigenvalue weighted by Gasteiger charge is 2.14. The van der Waals surface area contributed by atoms with Crippen LogP contribution >= 0.6 is 0 Å². The highest BCUT2D eigenvalue weighted by molar-refractivity contribution is 5.78. The van der Waals surface area contributed by atoms with Crippen LogP contribution in [0.1, 0.15) is 17.0 Å². The number of carbonyl (C=O) groups is 1. The fourth-order valence-corrected chi connectivity index (χ4v) is 1.38. The molecular weight excluding hydrogens is 178 g/mol. The van der Waals surface area contributed by atoms with E-state index in [0.717, 1.165) is 17.0 Å². The summed E-state index contributed by atoms with van der Waals surface area (Å²) in [4.78, 5) is 13.1. The summed E-state index contributed by atoms with van der Waals surface area (Å²) in [6.07, 6.45) is 0.443. The molecule has 0 spiro atoms. The standard InChI is InChI=1S/C10H17N3O/c1-7-9(6-10(14)12(3)4)8(2)13(5)11-7/h6H2,1-5H3. The molecule has 4 heteroatoms. The highest BCUT2D eigenvalue weighted by atomic mass is 16.2. The first kappa shape index (κ1) is 10.8. The normalized spacial score (nSPS) is 10.4. The Hall–Kier alpha value is -1.32. The summed E-state index contributed by atoms with van der Waals surface area (Å²) in [5.41, 5.74) is 3.06. The SMILES string of the molecule is Cc1nn(C)c(C)c1CC(=O)N(C)C. The van der Waals surface area contributed by atoms with Crippen molar-refractivity contribution in [3.05, 3.63) is 17.0 Å². The predicted molar refractivity (Wildman–Crippen MR) is 55.1 cm³/mol. The van der Waals surface area contributed by atoms with Crippen molar-refractivity contribution in [1.82, 2.24) is 14.7 Å². The average Bonchev–Trinajstić information content (AvgIpc) is 2.32. The summed E-state index contributed by atoms with van der Waals surface area (Å²) in [5.74, 6) is 0.115. The van der Waals surface area contributed by atoms with E-state index in [1.807, 2.05) is 25.6 Å². The topological polar surface area (TPSA) is 38.1 Å². The molecule has 0 fully saturated rings. The Morgan fingerprint density at radius 3 is 2.36 bits per heavy atom. The quantitative estimate of drug-likeness (QED) is 0.695. The first-order chi connectivity index (χ1) is 6.43. The van der Waals surface area contributed by atoms with Crippen molar-refractivity contribution >= 4 is 5.91 Å². The minimum Gasteiger partial charge on any atom is -0.349 e. The lowest BCUT2D eigenvalue weighted by Gasteiger charge is -2.09. The van der Waals surface area contributed by atoms with Gasteiger partial charge in [0, 0.05) is 32.4 Å². The van der Waals surface area contributed by atoms with Crippen LogP contribution in [0.2, 0.25) is 0 Å². The van der Waals surface area contributed by atoms with Crippen LogP contribution in [-0.2, 0) is 18.3 Å². The summed E-state index contributed by atoms with van der Waals surface area (Å²) in [6.45, 7) is 3.92. The van der Waals surface area contributed by atoms with Crippen LogP contribution in [0.25, 0.3) is 0 Å². The van der Waals surface area contributed by atoms with E-state index >= 15 is 0 Å². The Balaban J connectivity index is 2.92. The van der Waals surface area contributed by atoms with Gasteiger partial charge in [-0.05, 0) is 13.8 Å². The van der Waals surface area contributed by atoms with Gasteiger partial charge >= 0.3 is 0 Å². The molecule has 0 saturated heterocycles. The van der Waals surface area contributed by atoms with Crippen molar-refractivity contribution in [3.8, 4) is 0 Å². The molecule has 4 nitrogen and oxygen atoms in total. The summed E-state index contributed by atoms with van der Waals surface area (Å²) in [7, 11) is 5.43. The van der Waals surface area contributed by atoms with Gasteiger partial charge < -0.3 is 4.90 Å². The third-order valence-corrected chi connectivity index (χ3v) is 2.49. The van der Waals surface area contributed by atoms with Crippen molar-refractivity contribution in [3.63, 3.8) is 0 Å². The van der Waals surface area contributed by atoms with Crippen molar-refractivity contribution in [2.75, 3.05) is 14.1 Å². The van der Waals surface area contributed by atoms with Gasteiger partial charge in [0.25, 0.3) is 0 Å². The van der Waals surface area contributed by atoms with Crippen molar-refractivity contribution in [2.24, 2.45) is 7.05 Å². The van der Waals surface area contributed by atoms with E-state index < -0.39 is 0 Å². The Morgan fingerprint density at radius 1 is 1.43 bits per heavy atom. The number of carbonyl (C=O) groups excluding carboxylic acids is 1. The summed E-state index contributed by atoms with van der Waals surface area (Å²) >= 11 is 0. The van der Waals surface area contributed by atoms with Crippen molar-refractivity contribution in [2.45, 2.75) is 20.3 Å². The predicted octanol–water partition coefficient (Wildman–Crippen LogP) is 0.668. The lowest BCUT2D eigenvalue weighted by molar-refractivity contribution is -0.127. The first-order valence-corrected chi connectivity index (χ1v) is 4.62. The molecule has 0 atom stereocenters. The molecule has 0 aliphatic carbocycles. The number of hydrogen-bond acceptors (Lipinski definition) is 2. The number of likely N-dealkylation sites (N-methyl/N-ethyl adjacent to an activating group) is 1. The van der Waals surface area contributed by atoms with Gasteiger partial charge in [-0.2, -0.15) is 5.10 Å². The third kappa shape index (κ3) is 1.95. The molecule has 0 aromatic carbocycles. The van der Waals surface area contributed by atoms with E-state index in [2.05, 4.69) is 5.10 Å². The van der Waals surface area contributed by atoms with Gasteiger partial charge in [-0.15, -0.1) is 0 Å². The molecule has 1 rings (SSSR count). The maximum Gasteiger partial charge on any atom is 0.226 e. The van der Waals surface area contributed by atoms with Gasteiger partial charge in [-0.3, -0.25) is 9.48 Å². The van der Waals surface area contributed by atoms with Crippen LogP contribution in [0, 0.1) is 13.8 Å². The van der Waals surface area contributed by atoms with Crippen LogP contribution in [0.15, 0.2) is 0 Å². The highest BCUT2D eigenvalue weighted by Crippen LogP contribution is 2.12. The molecule has 0 radical (unpaired) electrons. The number of hydrogen-bond donors (Lipinski definition) is 0. The molecule has 1 amide bonds. The maximum atomic E-state index is 11.5. The monoisotopic (exact) mass is 195 g/mol. The molecule has 0 N–H and O–H groups in total. The van der Waals surface area contributed by atoms with E-state index in [1.165, 1.54) is 0 Å². The molecule has 14 heavy (non-hydrogen) atoms. The van der Waals surface area contributed by atoms with Crippen LogP contribution in [0.4, 0.5) is 0 Å². The number of rotatable bonds is 2. The van der Waals surface area contributed by atoms with Crippen molar-refractivity contribution < 1.29 is 4.79 Å².